The monoisotopic (exact) mass is 322 g/mol. The summed E-state index contributed by atoms with van der Waals surface area (Å²) in [6.07, 6.45) is 11.2. The first kappa shape index (κ1) is 16.7. The second-order valence-corrected chi connectivity index (χ2v) is 6.82. The normalized spacial score (nSPS) is 14.8. The minimum atomic E-state index is 0.132. The number of carbonyl (C=O) groups is 1. The van der Waals surface area contributed by atoms with Gasteiger partial charge in [0.25, 0.3) is 0 Å². The van der Waals surface area contributed by atoms with Crippen LogP contribution in [0.15, 0.2) is 42.7 Å². The third-order valence-corrected chi connectivity index (χ3v) is 4.80. The number of rotatable bonds is 7. The van der Waals surface area contributed by atoms with E-state index in [1.807, 2.05) is 18.5 Å². The van der Waals surface area contributed by atoms with Crippen molar-refractivity contribution in [3.8, 4) is 0 Å². The summed E-state index contributed by atoms with van der Waals surface area (Å²) in [6, 6.07) is 10.7. The molecule has 3 rings (SSSR count). The highest BCUT2D eigenvalue weighted by Gasteiger charge is 2.16. The molecule has 1 aromatic carbocycles. The SMILES string of the molecule is CCCCC(Cc1cccnc1)Cc1ccc2c(c1)CCC(=O)N2. The zero-order chi connectivity index (χ0) is 16.8. The Hall–Kier alpha value is -2.16. The van der Waals surface area contributed by atoms with Gasteiger partial charge in [-0.3, -0.25) is 9.78 Å². The van der Waals surface area contributed by atoms with E-state index in [0.717, 1.165) is 24.9 Å². The summed E-state index contributed by atoms with van der Waals surface area (Å²) < 4.78 is 0. The summed E-state index contributed by atoms with van der Waals surface area (Å²) in [7, 11) is 0. The average Bonchev–Trinajstić information content (AvgIpc) is 2.60. The third kappa shape index (κ3) is 4.44. The minimum absolute atomic E-state index is 0.132. The number of aromatic nitrogens is 1. The summed E-state index contributed by atoms with van der Waals surface area (Å²) in [6.45, 7) is 2.25. The summed E-state index contributed by atoms with van der Waals surface area (Å²) in [4.78, 5) is 15.7. The Labute approximate surface area is 144 Å². The van der Waals surface area contributed by atoms with Crippen LogP contribution in [0.3, 0.4) is 0 Å². The highest BCUT2D eigenvalue weighted by molar-refractivity contribution is 5.93. The number of hydrogen-bond acceptors (Lipinski definition) is 2. The lowest BCUT2D eigenvalue weighted by Crippen LogP contribution is -2.19. The summed E-state index contributed by atoms with van der Waals surface area (Å²) >= 11 is 0. The lowest BCUT2D eigenvalue weighted by molar-refractivity contribution is -0.116. The maximum absolute atomic E-state index is 11.5. The van der Waals surface area contributed by atoms with E-state index in [9.17, 15) is 4.79 Å². The number of anilines is 1. The number of aryl methyl sites for hydroxylation is 1. The number of unbranched alkanes of at least 4 members (excludes halogenated alkanes) is 1. The van der Waals surface area contributed by atoms with Crippen LogP contribution < -0.4 is 5.32 Å². The van der Waals surface area contributed by atoms with Crippen LogP contribution in [-0.4, -0.2) is 10.9 Å². The molecule has 1 amide bonds. The first-order chi connectivity index (χ1) is 11.7. The van der Waals surface area contributed by atoms with Gasteiger partial charge < -0.3 is 5.32 Å². The molecule has 1 atom stereocenters. The van der Waals surface area contributed by atoms with E-state index in [1.165, 1.54) is 36.0 Å². The van der Waals surface area contributed by atoms with Gasteiger partial charge in [-0.05, 0) is 60.4 Å². The first-order valence-electron chi connectivity index (χ1n) is 9.05. The van der Waals surface area contributed by atoms with Crippen molar-refractivity contribution in [3.63, 3.8) is 0 Å². The zero-order valence-corrected chi connectivity index (χ0v) is 14.4. The second kappa shape index (κ2) is 8.09. The van der Waals surface area contributed by atoms with Crippen molar-refractivity contribution in [3.05, 3.63) is 59.4 Å². The lowest BCUT2D eigenvalue weighted by atomic mass is 9.88. The topological polar surface area (TPSA) is 42.0 Å². The van der Waals surface area contributed by atoms with Gasteiger partial charge in [0.2, 0.25) is 5.91 Å². The molecule has 2 heterocycles. The molecule has 1 aliphatic heterocycles. The van der Waals surface area contributed by atoms with Crippen LogP contribution in [0.1, 0.15) is 49.3 Å². The number of pyridine rings is 1. The van der Waals surface area contributed by atoms with Crippen LogP contribution in [0.25, 0.3) is 0 Å². The fraction of sp³-hybridized carbons (Fsp3) is 0.429. The molecule has 1 N–H and O–H groups in total. The largest absolute Gasteiger partial charge is 0.326 e. The molecule has 2 aromatic rings. The molecule has 24 heavy (non-hydrogen) atoms. The van der Waals surface area contributed by atoms with Crippen molar-refractivity contribution < 1.29 is 4.79 Å². The van der Waals surface area contributed by atoms with Gasteiger partial charge in [-0.15, -0.1) is 0 Å². The number of fused-ring (bicyclic) bond motifs is 1. The van der Waals surface area contributed by atoms with E-state index in [4.69, 9.17) is 0 Å². The van der Waals surface area contributed by atoms with Crippen molar-refractivity contribution in [1.82, 2.24) is 4.98 Å². The van der Waals surface area contributed by atoms with Crippen LogP contribution in [0.4, 0.5) is 5.69 Å². The highest BCUT2D eigenvalue weighted by Crippen LogP contribution is 2.26. The van der Waals surface area contributed by atoms with Crippen molar-refractivity contribution in [1.29, 1.82) is 0 Å². The lowest BCUT2D eigenvalue weighted by Gasteiger charge is -2.20. The maximum Gasteiger partial charge on any atom is 0.224 e. The molecule has 3 heteroatoms. The molecule has 126 valence electrons. The Morgan fingerprint density at radius 1 is 1.17 bits per heavy atom. The van der Waals surface area contributed by atoms with E-state index in [1.54, 1.807) is 0 Å². The number of hydrogen-bond donors (Lipinski definition) is 1. The Morgan fingerprint density at radius 3 is 2.83 bits per heavy atom. The molecule has 0 bridgehead atoms. The number of nitrogens with one attached hydrogen (secondary N) is 1. The number of amides is 1. The van der Waals surface area contributed by atoms with Crippen LogP contribution in [-0.2, 0) is 24.1 Å². The fourth-order valence-corrected chi connectivity index (χ4v) is 3.52. The van der Waals surface area contributed by atoms with Gasteiger partial charge in [0.1, 0.15) is 0 Å². The number of benzene rings is 1. The molecule has 1 unspecified atom stereocenters. The van der Waals surface area contributed by atoms with Gasteiger partial charge in [-0.1, -0.05) is 38.0 Å². The Morgan fingerprint density at radius 2 is 2.04 bits per heavy atom. The highest BCUT2D eigenvalue weighted by atomic mass is 16.1. The molecule has 0 aliphatic carbocycles. The van der Waals surface area contributed by atoms with Crippen LogP contribution in [0.5, 0.6) is 0 Å². The predicted molar refractivity (Wildman–Crippen MR) is 98.1 cm³/mol. The van der Waals surface area contributed by atoms with E-state index in [0.29, 0.717) is 12.3 Å². The number of carbonyl (C=O) groups excluding carboxylic acids is 1. The van der Waals surface area contributed by atoms with Gasteiger partial charge >= 0.3 is 0 Å². The van der Waals surface area contributed by atoms with Gasteiger partial charge in [-0.25, -0.2) is 0 Å². The zero-order valence-electron chi connectivity index (χ0n) is 14.4. The number of nitrogens with zero attached hydrogens (tertiary/aromatic N) is 1. The Balaban J connectivity index is 1.71. The van der Waals surface area contributed by atoms with Crippen molar-refractivity contribution >= 4 is 11.6 Å². The smallest absolute Gasteiger partial charge is 0.224 e. The summed E-state index contributed by atoms with van der Waals surface area (Å²) in [5, 5.41) is 2.97. The Kier molecular flexibility index (Phi) is 5.63. The average molecular weight is 322 g/mol. The molecule has 0 spiro atoms. The van der Waals surface area contributed by atoms with Crippen molar-refractivity contribution in [2.45, 2.75) is 51.9 Å². The van der Waals surface area contributed by atoms with E-state index in [2.05, 4.69) is 41.5 Å². The molecule has 1 aliphatic rings. The molecule has 0 radical (unpaired) electrons. The standard InChI is InChI=1S/C21H26N2O/c1-2-3-5-16(13-18-6-4-11-22-15-18)12-17-7-9-20-19(14-17)8-10-21(24)23-20/h4,6-7,9,11,14-16H,2-3,5,8,10,12-13H2,1H3,(H,23,24). The van der Waals surface area contributed by atoms with Crippen LogP contribution >= 0.6 is 0 Å². The molecule has 0 fully saturated rings. The first-order valence-corrected chi connectivity index (χ1v) is 9.05. The maximum atomic E-state index is 11.5. The molecule has 3 nitrogen and oxygen atoms in total. The summed E-state index contributed by atoms with van der Waals surface area (Å²) in [5.74, 6) is 0.776. The van der Waals surface area contributed by atoms with E-state index >= 15 is 0 Å². The van der Waals surface area contributed by atoms with Crippen molar-refractivity contribution in [2.75, 3.05) is 5.32 Å². The molecular weight excluding hydrogens is 296 g/mol. The van der Waals surface area contributed by atoms with Crippen molar-refractivity contribution in [2.24, 2.45) is 5.92 Å². The molecular formula is C21H26N2O. The van der Waals surface area contributed by atoms with Crippen LogP contribution in [0, 0.1) is 5.92 Å². The molecule has 1 aromatic heterocycles. The fourth-order valence-electron chi connectivity index (χ4n) is 3.52. The van der Waals surface area contributed by atoms with Gasteiger partial charge in [0.05, 0.1) is 0 Å². The van der Waals surface area contributed by atoms with Gasteiger partial charge in [0.15, 0.2) is 0 Å². The second-order valence-electron chi connectivity index (χ2n) is 6.82. The molecule has 0 saturated heterocycles. The van der Waals surface area contributed by atoms with Gasteiger partial charge in [-0.2, -0.15) is 0 Å². The van der Waals surface area contributed by atoms with Crippen LogP contribution in [0.2, 0.25) is 0 Å². The Bertz CT molecular complexity index is 681. The third-order valence-electron chi connectivity index (χ3n) is 4.80. The predicted octanol–water partition coefficient (Wildman–Crippen LogP) is 4.56. The quantitative estimate of drug-likeness (QED) is 0.812. The summed E-state index contributed by atoms with van der Waals surface area (Å²) in [5.41, 5.74) is 4.98. The van der Waals surface area contributed by atoms with Gasteiger partial charge in [0, 0.05) is 24.5 Å². The molecule has 0 saturated carbocycles. The minimum Gasteiger partial charge on any atom is -0.326 e. The van der Waals surface area contributed by atoms with E-state index in [-0.39, 0.29) is 5.91 Å². The van der Waals surface area contributed by atoms with E-state index < -0.39 is 0 Å².